The molecule has 0 atom stereocenters. The van der Waals surface area contributed by atoms with Gasteiger partial charge in [-0.1, -0.05) is 0 Å². The van der Waals surface area contributed by atoms with E-state index < -0.39 is 17.5 Å². The number of piperidine rings is 1. The number of hydrogen-bond acceptors (Lipinski definition) is 2. The van der Waals surface area contributed by atoms with Crippen LogP contribution in [0.3, 0.4) is 0 Å². The molecule has 0 radical (unpaired) electrons. The zero-order valence-electron chi connectivity index (χ0n) is 13.4. The van der Waals surface area contributed by atoms with Gasteiger partial charge >= 0.3 is 6.18 Å². The monoisotopic (exact) mass is 341 g/mol. The van der Waals surface area contributed by atoms with E-state index in [0.29, 0.717) is 11.1 Å². The minimum atomic E-state index is -4.92. The topological polar surface area (TPSA) is 65.0 Å². The van der Waals surface area contributed by atoms with Gasteiger partial charge in [0, 0.05) is 24.2 Å². The second kappa shape index (κ2) is 7.17. The minimum Gasteiger partial charge on any atom is -0.339 e. The van der Waals surface area contributed by atoms with Crippen molar-refractivity contribution in [3.63, 3.8) is 0 Å². The van der Waals surface area contributed by atoms with Gasteiger partial charge < -0.3 is 10.6 Å². The molecule has 0 spiro atoms. The number of Topliss-reactive ketones (excluding diaryl/α,β-unsaturated/α-hetero) is 1. The number of nitrogens with zero attached hydrogens (tertiary/aromatic N) is 1. The van der Waals surface area contributed by atoms with E-state index in [0.717, 1.165) is 39.3 Å². The predicted molar refractivity (Wildman–Crippen MR) is 82.7 cm³/mol. The standard InChI is InChI=1S/C17H19F3N2O2/c1-11(15(23)17(18,19)20)14(21)12-5-7-13(8-6-12)16(24)22-9-3-2-4-10-22/h5-8H,2-4,9-10,21H2,1H3/p+1. The fourth-order valence-electron chi connectivity index (χ4n) is 2.66. The molecule has 1 aliphatic rings. The van der Waals surface area contributed by atoms with E-state index in [-0.39, 0.29) is 11.6 Å². The summed E-state index contributed by atoms with van der Waals surface area (Å²) in [4.78, 5) is 25.4. The first kappa shape index (κ1) is 18.2. The van der Waals surface area contributed by atoms with Crippen molar-refractivity contribution in [3.05, 3.63) is 41.0 Å². The normalized spacial score (nSPS) is 16.6. The van der Waals surface area contributed by atoms with Gasteiger partial charge in [-0.15, -0.1) is 0 Å². The summed E-state index contributed by atoms with van der Waals surface area (Å²) in [5.41, 5.74) is 4.00. The summed E-state index contributed by atoms with van der Waals surface area (Å²) in [5, 5.41) is 0. The molecule has 1 saturated heterocycles. The van der Waals surface area contributed by atoms with Gasteiger partial charge in [0.2, 0.25) is 0 Å². The lowest BCUT2D eigenvalue weighted by Gasteiger charge is -2.26. The third-order valence-electron chi connectivity index (χ3n) is 4.17. The van der Waals surface area contributed by atoms with Crippen LogP contribution in [0.2, 0.25) is 0 Å². The van der Waals surface area contributed by atoms with Crippen LogP contribution < -0.4 is 5.73 Å². The molecule has 24 heavy (non-hydrogen) atoms. The van der Waals surface area contributed by atoms with Crippen LogP contribution in [-0.2, 0) is 4.79 Å². The van der Waals surface area contributed by atoms with Gasteiger partial charge in [0.05, 0.1) is 5.57 Å². The van der Waals surface area contributed by atoms with E-state index in [2.05, 4.69) is 5.73 Å². The number of hydrogen-bond donors (Lipinski definition) is 1. The molecule has 4 nitrogen and oxygen atoms in total. The first-order valence-electron chi connectivity index (χ1n) is 7.76. The molecule has 1 aromatic carbocycles. The summed E-state index contributed by atoms with van der Waals surface area (Å²) >= 11 is 0. The number of benzene rings is 1. The highest BCUT2D eigenvalue weighted by Gasteiger charge is 2.40. The number of allylic oxidation sites excluding steroid dienone is 1. The van der Waals surface area contributed by atoms with E-state index in [1.807, 2.05) is 0 Å². The second-order valence-electron chi connectivity index (χ2n) is 5.86. The lowest BCUT2D eigenvalue weighted by Crippen LogP contribution is -2.48. The molecule has 2 rings (SSSR count). The molecule has 0 aliphatic carbocycles. The number of likely N-dealkylation sites (tertiary alicyclic amines) is 1. The van der Waals surface area contributed by atoms with E-state index in [1.54, 1.807) is 17.0 Å². The number of carbonyl (C=O) groups excluding carboxylic acids is 2. The Morgan fingerprint density at radius 2 is 1.50 bits per heavy atom. The van der Waals surface area contributed by atoms with Crippen LogP contribution in [-0.4, -0.2) is 35.9 Å². The largest absolute Gasteiger partial charge is 0.454 e. The van der Waals surface area contributed by atoms with Crippen LogP contribution in [0, 0.1) is 0 Å². The molecule has 1 amide bonds. The molecule has 3 N–H and O–H groups in total. The SMILES string of the molecule is CC(C(=O)C(F)(F)F)=C([NH3+])c1ccc(C(=O)N2CCCCC2)cc1. The molecular weight excluding hydrogens is 321 g/mol. The van der Waals surface area contributed by atoms with Gasteiger partial charge in [-0.25, -0.2) is 0 Å². The zero-order valence-corrected chi connectivity index (χ0v) is 13.4. The summed E-state index contributed by atoms with van der Waals surface area (Å²) in [6.45, 7) is 2.55. The number of carbonyl (C=O) groups is 2. The van der Waals surface area contributed by atoms with Crippen LogP contribution in [0.25, 0.3) is 5.70 Å². The van der Waals surface area contributed by atoms with Crippen LogP contribution in [0.5, 0.6) is 0 Å². The molecule has 130 valence electrons. The number of quaternary nitrogens is 1. The van der Waals surface area contributed by atoms with Crippen LogP contribution >= 0.6 is 0 Å². The van der Waals surface area contributed by atoms with Crippen molar-refractivity contribution >= 4 is 17.4 Å². The fraction of sp³-hybridized carbons (Fsp3) is 0.412. The van der Waals surface area contributed by atoms with Crippen LogP contribution in [0.4, 0.5) is 13.2 Å². The summed E-state index contributed by atoms with van der Waals surface area (Å²) in [5.74, 6) is -1.99. The summed E-state index contributed by atoms with van der Waals surface area (Å²) in [6, 6.07) is 6.16. The molecule has 0 bridgehead atoms. The number of amides is 1. The maximum atomic E-state index is 12.5. The Labute approximate surface area is 138 Å². The fourth-order valence-corrected chi connectivity index (χ4v) is 2.66. The Hall–Kier alpha value is -2.15. The van der Waals surface area contributed by atoms with Gasteiger partial charge in [-0.3, -0.25) is 9.59 Å². The lowest BCUT2D eigenvalue weighted by molar-refractivity contribution is -0.245. The highest BCUT2D eigenvalue weighted by molar-refractivity contribution is 6.04. The quantitative estimate of drug-likeness (QED) is 0.858. The average molecular weight is 341 g/mol. The van der Waals surface area contributed by atoms with Gasteiger partial charge in [-0.2, -0.15) is 13.2 Å². The molecule has 1 heterocycles. The number of halogens is 3. The minimum absolute atomic E-state index is 0.00861. The molecule has 1 fully saturated rings. The van der Waals surface area contributed by atoms with Crippen molar-refractivity contribution in [1.29, 1.82) is 0 Å². The highest BCUT2D eigenvalue weighted by Crippen LogP contribution is 2.24. The van der Waals surface area contributed by atoms with E-state index in [1.165, 1.54) is 12.1 Å². The number of ketones is 1. The Morgan fingerprint density at radius 3 is 2.00 bits per heavy atom. The molecule has 7 heteroatoms. The van der Waals surface area contributed by atoms with Crippen molar-refractivity contribution in [1.82, 2.24) is 4.90 Å². The first-order valence-corrected chi connectivity index (χ1v) is 7.76. The number of alkyl halides is 3. The van der Waals surface area contributed by atoms with Crippen molar-refractivity contribution in [3.8, 4) is 0 Å². The Morgan fingerprint density at radius 1 is 1.00 bits per heavy atom. The molecular formula is C17H20F3N2O2+. The maximum Gasteiger partial charge on any atom is 0.454 e. The van der Waals surface area contributed by atoms with Crippen molar-refractivity contribution in [2.45, 2.75) is 32.4 Å². The van der Waals surface area contributed by atoms with Crippen molar-refractivity contribution < 1.29 is 28.5 Å². The van der Waals surface area contributed by atoms with Crippen LogP contribution in [0.15, 0.2) is 29.8 Å². The summed E-state index contributed by atoms with van der Waals surface area (Å²) in [6.07, 6.45) is -1.84. The lowest BCUT2D eigenvalue weighted by atomic mass is 10.0. The average Bonchev–Trinajstić information content (AvgIpc) is 2.59. The van der Waals surface area contributed by atoms with Crippen molar-refractivity contribution in [2.75, 3.05) is 13.1 Å². The van der Waals surface area contributed by atoms with Gasteiger partial charge in [0.25, 0.3) is 11.7 Å². The van der Waals surface area contributed by atoms with Crippen LogP contribution in [0.1, 0.15) is 42.1 Å². The second-order valence-corrected chi connectivity index (χ2v) is 5.86. The maximum absolute atomic E-state index is 12.5. The van der Waals surface area contributed by atoms with Gasteiger partial charge in [0.15, 0.2) is 0 Å². The van der Waals surface area contributed by atoms with E-state index >= 15 is 0 Å². The molecule has 0 unspecified atom stereocenters. The predicted octanol–water partition coefficient (Wildman–Crippen LogP) is 2.42. The van der Waals surface area contributed by atoms with Crippen molar-refractivity contribution in [2.24, 2.45) is 0 Å². The first-order chi connectivity index (χ1) is 11.2. The third-order valence-corrected chi connectivity index (χ3v) is 4.17. The molecule has 1 aliphatic heterocycles. The van der Waals surface area contributed by atoms with Gasteiger partial charge in [-0.05, 0) is 50.5 Å². The zero-order chi connectivity index (χ0) is 17.9. The Bertz CT molecular complexity index is 657. The summed E-state index contributed by atoms with van der Waals surface area (Å²) in [7, 11) is 0. The highest BCUT2D eigenvalue weighted by atomic mass is 19.4. The van der Waals surface area contributed by atoms with Gasteiger partial charge in [0.1, 0.15) is 5.70 Å². The third kappa shape index (κ3) is 4.03. The van der Waals surface area contributed by atoms with E-state index in [9.17, 15) is 22.8 Å². The molecule has 1 aromatic rings. The number of rotatable bonds is 3. The molecule has 0 aromatic heterocycles. The molecule has 0 saturated carbocycles. The van der Waals surface area contributed by atoms with E-state index in [4.69, 9.17) is 0 Å². The Balaban J connectivity index is 2.19. The Kier molecular flexibility index (Phi) is 5.43. The summed E-state index contributed by atoms with van der Waals surface area (Å²) < 4.78 is 37.5. The smallest absolute Gasteiger partial charge is 0.339 e.